The maximum atomic E-state index is 13.6. The summed E-state index contributed by atoms with van der Waals surface area (Å²) in [6.45, 7) is 1.53. The summed E-state index contributed by atoms with van der Waals surface area (Å²) in [4.78, 5) is 0.584. The van der Waals surface area contributed by atoms with Crippen LogP contribution in [0.5, 0.6) is 0 Å². The minimum atomic E-state index is -0.841. The number of aryl methyl sites for hydroxylation is 1. The Bertz CT molecular complexity index is 631. The van der Waals surface area contributed by atoms with Gasteiger partial charge < -0.3 is 0 Å². The van der Waals surface area contributed by atoms with Crippen molar-refractivity contribution >= 4 is 23.2 Å². The predicted molar refractivity (Wildman–Crippen MR) is 78.3 cm³/mol. The normalized spacial score (nSPS) is 10.9. The number of hydrogen-bond acceptors (Lipinski definition) is 1. The van der Waals surface area contributed by atoms with E-state index in [1.807, 2.05) is 30.3 Å². The summed E-state index contributed by atoms with van der Waals surface area (Å²) in [7, 11) is 0. The van der Waals surface area contributed by atoms with Gasteiger partial charge in [-0.25, -0.2) is 8.78 Å². The molecule has 0 aliphatic heterocycles. The molecule has 0 saturated carbocycles. The highest BCUT2D eigenvalue weighted by Crippen LogP contribution is 2.17. The van der Waals surface area contributed by atoms with Crippen LogP contribution in [0, 0.1) is 18.6 Å². The molecule has 0 bridgehead atoms. The molecule has 0 unspecified atom stereocenters. The Balaban J connectivity index is 2.25. The van der Waals surface area contributed by atoms with E-state index >= 15 is 0 Å². The summed E-state index contributed by atoms with van der Waals surface area (Å²) in [5.41, 5.74) is 1.36. The molecule has 0 aliphatic carbocycles. The zero-order valence-electron chi connectivity index (χ0n) is 10.4. The lowest BCUT2D eigenvalue weighted by Crippen LogP contribution is -1.94. The zero-order valence-corrected chi connectivity index (χ0v) is 11.2. The van der Waals surface area contributed by atoms with E-state index in [1.54, 1.807) is 12.1 Å². The van der Waals surface area contributed by atoms with E-state index in [2.05, 4.69) is 0 Å². The molecule has 19 heavy (non-hydrogen) atoms. The minimum absolute atomic E-state index is 0.196. The van der Waals surface area contributed by atoms with Crippen molar-refractivity contribution in [1.29, 1.82) is 0 Å². The fourth-order valence-electron chi connectivity index (χ4n) is 1.65. The Morgan fingerprint density at radius 1 is 1.00 bits per heavy atom. The molecular weight excluding hydrogens is 262 g/mol. The number of rotatable bonds is 3. The summed E-state index contributed by atoms with van der Waals surface area (Å²) in [6.07, 6.45) is 3.10. The molecule has 0 heterocycles. The summed E-state index contributed by atoms with van der Waals surface area (Å²) in [5.74, 6) is -1.65. The Morgan fingerprint density at radius 3 is 2.37 bits per heavy atom. The first-order chi connectivity index (χ1) is 9.09. The van der Waals surface area contributed by atoms with Gasteiger partial charge in [0.05, 0.1) is 0 Å². The molecule has 0 fully saturated rings. The van der Waals surface area contributed by atoms with E-state index in [4.69, 9.17) is 12.2 Å². The fraction of sp³-hybridized carbons (Fsp3) is 0.0625. The number of thiocarbonyl (C=S) groups is 1. The summed E-state index contributed by atoms with van der Waals surface area (Å²) in [5, 5.41) is 0. The Labute approximate surface area is 116 Å². The third-order valence-corrected chi connectivity index (χ3v) is 3.15. The van der Waals surface area contributed by atoms with Crippen molar-refractivity contribution in [3.63, 3.8) is 0 Å². The molecule has 0 amide bonds. The smallest absolute Gasteiger partial charge is 0.166 e. The van der Waals surface area contributed by atoms with Crippen LogP contribution >= 0.6 is 12.2 Å². The lowest BCUT2D eigenvalue weighted by Gasteiger charge is -2.02. The van der Waals surface area contributed by atoms with Gasteiger partial charge in [-0.15, -0.1) is 0 Å². The standard InChI is InChI=1S/C16H12F2S/c1-11-7-8-13(16(18)15(11)17)9-10-14(19)12-5-3-2-4-6-12/h2-10H,1H3. The molecule has 96 valence electrons. The summed E-state index contributed by atoms with van der Waals surface area (Å²) < 4.78 is 27.0. The molecule has 0 aromatic heterocycles. The van der Waals surface area contributed by atoms with Gasteiger partial charge in [-0.2, -0.15) is 0 Å². The van der Waals surface area contributed by atoms with Gasteiger partial charge in [0.2, 0.25) is 0 Å². The lowest BCUT2D eigenvalue weighted by atomic mass is 10.1. The molecule has 0 atom stereocenters. The Kier molecular flexibility index (Phi) is 4.17. The average Bonchev–Trinajstić information content (AvgIpc) is 2.45. The van der Waals surface area contributed by atoms with Crippen LogP contribution in [0.1, 0.15) is 16.7 Å². The van der Waals surface area contributed by atoms with Crippen LogP contribution in [0.2, 0.25) is 0 Å². The number of allylic oxidation sites excluding steroid dienone is 1. The van der Waals surface area contributed by atoms with E-state index in [9.17, 15) is 8.78 Å². The van der Waals surface area contributed by atoms with E-state index in [0.29, 0.717) is 10.4 Å². The van der Waals surface area contributed by atoms with Crippen molar-refractivity contribution in [3.8, 4) is 0 Å². The molecule has 2 rings (SSSR count). The lowest BCUT2D eigenvalue weighted by molar-refractivity contribution is 0.501. The van der Waals surface area contributed by atoms with Gasteiger partial charge in [0.1, 0.15) is 0 Å². The van der Waals surface area contributed by atoms with Gasteiger partial charge in [-0.3, -0.25) is 0 Å². The van der Waals surface area contributed by atoms with Crippen LogP contribution in [0.15, 0.2) is 48.5 Å². The topological polar surface area (TPSA) is 0 Å². The third kappa shape index (κ3) is 3.12. The van der Waals surface area contributed by atoms with Crippen LogP contribution in [-0.2, 0) is 0 Å². The van der Waals surface area contributed by atoms with Crippen molar-refractivity contribution < 1.29 is 8.78 Å². The first kappa shape index (κ1) is 13.6. The molecule has 0 nitrogen and oxygen atoms in total. The molecule has 0 saturated heterocycles. The first-order valence-corrected chi connectivity index (χ1v) is 6.22. The van der Waals surface area contributed by atoms with Gasteiger partial charge >= 0.3 is 0 Å². The van der Waals surface area contributed by atoms with Crippen LogP contribution in [0.3, 0.4) is 0 Å². The van der Waals surface area contributed by atoms with Crippen LogP contribution in [0.25, 0.3) is 6.08 Å². The maximum absolute atomic E-state index is 13.6. The van der Waals surface area contributed by atoms with E-state index < -0.39 is 11.6 Å². The quantitative estimate of drug-likeness (QED) is 0.444. The van der Waals surface area contributed by atoms with E-state index in [-0.39, 0.29) is 5.56 Å². The Hall–Kier alpha value is -1.87. The molecule has 3 heteroatoms. The second-order valence-corrected chi connectivity index (χ2v) is 4.60. The van der Waals surface area contributed by atoms with Gasteiger partial charge in [0, 0.05) is 10.4 Å². The molecule has 2 aromatic carbocycles. The largest absolute Gasteiger partial charge is 0.203 e. The Morgan fingerprint density at radius 2 is 1.68 bits per heavy atom. The zero-order chi connectivity index (χ0) is 13.8. The molecule has 2 aromatic rings. The molecule has 0 N–H and O–H groups in total. The number of halogens is 2. The van der Waals surface area contributed by atoms with Crippen LogP contribution in [0.4, 0.5) is 8.78 Å². The van der Waals surface area contributed by atoms with Crippen molar-refractivity contribution in [1.82, 2.24) is 0 Å². The van der Waals surface area contributed by atoms with Crippen molar-refractivity contribution in [2.75, 3.05) is 0 Å². The van der Waals surface area contributed by atoms with Crippen molar-refractivity contribution in [2.24, 2.45) is 0 Å². The van der Waals surface area contributed by atoms with Crippen LogP contribution in [-0.4, -0.2) is 4.86 Å². The van der Waals surface area contributed by atoms with Crippen molar-refractivity contribution in [2.45, 2.75) is 6.92 Å². The monoisotopic (exact) mass is 274 g/mol. The predicted octanol–water partition coefficient (Wildman–Crippen LogP) is 4.70. The van der Waals surface area contributed by atoms with Gasteiger partial charge in [-0.1, -0.05) is 60.8 Å². The molecular formula is C16H12F2S. The SMILES string of the molecule is Cc1ccc(C=CC(=S)c2ccccc2)c(F)c1F. The highest BCUT2D eigenvalue weighted by Gasteiger charge is 2.08. The van der Waals surface area contributed by atoms with Gasteiger partial charge in [0.25, 0.3) is 0 Å². The number of hydrogen-bond donors (Lipinski definition) is 0. The van der Waals surface area contributed by atoms with Crippen LogP contribution < -0.4 is 0 Å². The maximum Gasteiger partial charge on any atom is 0.166 e. The van der Waals surface area contributed by atoms with Crippen molar-refractivity contribution in [3.05, 3.63) is 76.9 Å². The van der Waals surface area contributed by atoms with Gasteiger partial charge in [0.15, 0.2) is 11.6 Å². The molecule has 0 aliphatic rings. The highest BCUT2D eigenvalue weighted by molar-refractivity contribution is 7.81. The average molecular weight is 274 g/mol. The first-order valence-electron chi connectivity index (χ1n) is 5.81. The molecule has 0 radical (unpaired) electrons. The molecule has 0 spiro atoms. The van der Waals surface area contributed by atoms with Gasteiger partial charge in [-0.05, 0) is 24.1 Å². The van der Waals surface area contributed by atoms with E-state index in [0.717, 1.165) is 5.56 Å². The summed E-state index contributed by atoms with van der Waals surface area (Å²) >= 11 is 5.22. The number of benzene rings is 2. The highest BCUT2D eigenvalue weighted by atomic mass is 32.1. The second-order valence-electron chi connectivity index (χ2n) is 4.16. The minimum Gasteiger partial charge on any atom is -0.203 e. The summed E-state index contributed by atoms with van der Waals surface area (Å²) in [6, 6.07) is 12.5. The fourth-order valence-corrected chi connectivity index (χ4v) is 1.86. The second kappa shape index (κ2) is 5.85. The van der Waals surface area contributed by atoms with E-state index in [1.165, 1.54) is 19.1 Å². The third-order valence-electron chi connectivity index (χ3n) is 2.78.